The predicted molar refractivity (Wildman–Crippen MR) is 92.9 cm³/mol. The van der Waals surface area contributed by atoms with E-state index in [0.29, 0.717) is 28.3 Å². The number of nitrogens with zero attached hydrogens (tertiary/aromatic N) is 1. The smallest absolute Gasteiger partial charge is 0.265 e. The fourth-order valence-electron chi connectivity index (χ4n) is 2.10. The van der Waals surface area contributed by atoms with Crippen molar-refractivity contribution in [3.63, 3.8) is 0 Å². The van der Waals surface area contributed by atoms with Gasteiger partial charge in [0.1, 0.15) is 0 Å². The highest BCUT2D eigenvalue weighted by atomic mass is 16.5. The number of hydrogen-bond acceptors (Lipinski definition) is 5. The Hall–Kier alpha value is -3.33. The number of benzene rings is 2. The number of carbonyl (C=O) groups excluding carboxylic acids is 2. The summed E-state index contributed by atoms with van der Waals surface area (Å²) in [7, 11) is 1.47. The topological polar surface area (TPSA) is 88.4 Å². The molecule has 25 heavy (non-hydrogen) atoms. The zero-order valence-corrected chi connectivity index (χ0v) is 14.2. The van der Waals surface area contributed by atoms with Crippen molar-refractivity contribution in [2.24, 2.45) is 0 Å². The van der Waals surface area contributed by atoms with Gasteiger partial charge in [-0.15, -0.1) is 0 Å². The van der Waals surface area contributed by atoms with Gasteiger partial charge in [0.05, 0.1) is 18.7 Å². The van der Waals surface area contributed by atoms with Crippen LogP contribution in [0.4, 0.5) is 5.69 Å². The number of nitrogens with one attached hydrogen (secondary N) is 1. The van der Waals surface area contributed by atoms with Gasteiger partial charge < -0.3 is 14.8 Å². The number of ether oxygens (including phenoxy) is 2. The van der Waals surface area contributed by atoms with Gasteiger partial charge in [-0.1, -0.05) is 0 Å². The summed E-state index contributed by atoms with van der Waals surface area (Å²) in [5, 5.41) is 11.5. The van der Waals surface area contributed by atoms with Crippen LogP contribution in [0.5, 0.6) is 11.5 Å². The van der Waals surface area contributed by atoms with E-state index < -0.39 is 6.10 Å². The molecule has 0 heterocycles. The van der Waals surface area contributed by atoms with Gasteiger partial charge in [0.2, 0.25) is 0 Å². The minimum atomic E-state index is -0.785. The Morgan fingerprint density at radius 2 is 1.80 bits per heavy atom. The number of ketones is 1. The molecule has 6 heteroatoms. The molecular weight excluding hydrogens is 320 g/mol. The Balaban J connectivity index is 2.07. The van der Waals surface area contributed by atoms with E-state index in [2.05, 4.69) is 5.32 Å². The molecule has 0 fully saturated rings. The van der Waals surface area contributed by atoms with Crippen molar-refractivity contribution in [3.8, 4) is 17.6 Å². The number of methoxy groups -OCH3 is 1. The van der Waals surface area contributed by atoms with E-state index in [9.17, 15) is 9.59 Å². The summed E-state index contributed by atoms with van der Waals surface area (Å²) in [6.07, 6.45) is -0.785. The molecule has 1 N–H and O–H groups in total. The molecule has 0 aromatic heterocycles. The summed E-state index contributed by atoms with van der Waals surface area (Å²) < 4.78 is 10.9. The summed E-state index contributed by atoms with van der Waals surface area (Å²) in [4.78, 5) is 23.7. The first kappa shape index (κ1) is 18.0. The van der Waals surface area contributed by atoms with Gasteiger partial charge in [0.25, 0.3) is 5.91 Å². The van der Waals surface area contributed by atoms with Gasteiger partial charge in [-0.25, -0.2) is 0 Å². The molecule has 1 amide bonds. The van der Waals surface area contributed by atoms with Crippen LogP contribution in [0.1, 0.15) is 29.8 Å². The number of rotatable bonds is 6. The molecule has 2 aromatic carbocycles. The maximum absolute atomic E-state index is 12.3. The van der Waals surface area contributed by atoms with E-state index in [4.69, 9.17) is 14.7 Å². The molecule has 128 valence electrons. The van der Waals surface area contributed by atoms with Gasteiger partial charge in [-0.2, -0.15) is 5.26 Å². The van der Waals surface area contributed by atoms with E-state index in [-0.39, 0.29) is 11.7 Å². The molecule has 2 rings (SSSR count). The standard InChI is InChI=1S/C19H18N2O4/c1-12(22)15-6-9-17(18(10-15)24-3)25-13(2)19(23)21-16-7-4-14(11-20)5-8-16/h4-10,13H,1-3H3,(H,21,23)/t13-/m0/s1. The molecule has 2 aromatic rings. The van der Waals surface area contributed by atoms with E-state index in [1.54, 1.807) is 49.4 Å². The normalized spacial score (nSPS) is 11.1. The highest BCUT2D eigenvalue weighted by molar-refractivity contribution is 5.95. The van der Waals surface area contributed by atoms with Gasteiger partial charge in [0, 0.05) is 11.3 Å². The molecule has 0 aliphatic rings. The Bertz CT molecular complexity index is 822. The molecule has 1 atom stereocenters. The van der Waals surface area contributed by atoms with Crippen LogP contribution in [0, 0.1) is 11.3 Å². The number of amides is 1. The van der Waals surface area contributed by atoms with Crippen molar-refractivity contribution in [2.45, 2.75) is 20.0 Å². The average Bonchev–Trinajstić information content (AvgIpc) is 2.62. The number of hydrogen-bond donors (Lipinski definition) is 1. The lowest BCUT2D eigenvalue weighted by Gasteiger charge is -2.17. The van der Waals surface area contributed by atoms with Gasteiger partial charge in [-0.3, -0.25) is 9.59 Å². The van der Waals surface area contributed by atoms with Crippen LogP contribution in [-0.4, -0.2) is 24.9 Å². The van der Waals surface area contributed by atoms with E-state index in [0.717, 1.165) is 0 Å². The molecule has 0 unspecified atom stereocenters. The first-order chi connectivity index (χ1) is 11.9. The number of Topliss-reactive ketones (excluding diaryl/α,β-unsaturated/α-hetero) is 1. The fourth-order valence-corrected chi connectivity index (χ4v) is 2.10. The third-order valence-electron chi connectivity index (χ3n) is 3.52. The SMILES string of the molecule is COc1cc(C(C)=O)ccc1O[C@@H](C)C(=O)Nc1ccc(C#N)cc1. The molecule has 0 saturated carbocycles. The number of nitriles is 1. The monoisotopic (exact) mass is 338 g/mol. The van der Waals surface area contributed by atoms with Crippen LogP contribution in [0.3, 0.4) is 0 Å². The van der Waals surface area contributed by atoms with Crippen LogP contribution in [0.15, 0.2) is 42.5 Å². The van der Waals surface area contributed by atoms with Crippen molar-refractivity contribution in [1.82, 2.24) is 0 Å². The van der Waals surface area contributed by atoms with Crippen LogP contribution < -0.4 is 14.8 Å². The second-order valence-corrected chi connectivity index (χ2v) is 5.36. The third kappa shape index (κ3) is 4.58. The molecule has 0 aliphatic carbocycles. The van der Waals surface area contributed by atoms with Crippen LogP contribution >= 0.6 is 0 Å². The summed E-state index contributed by atoms with van der Waals surface area (Å²) >= 11 is 0. The summed E-state index contributed by atoms with van der Waals surface area (Å²) in [6.45, 7) is 3.07. The Labute approximate surface area is 146 Å². The molecular formula is C19H18N2O4. The fraction of sp³-hybridized carbons (Fsp3) is 0.211. The summed E-state index contributed by atoms with van der Waals surface area (Å²) in [6, 6.07) is 13.3. The minimum Gasteiger partial charge on any atom is -0.493 e. The lowest BCUT2D eigenvalue weighted by Crippen LogP contribution is -2.30. The molecule has 0 bridgehead atoms. The highest BCUT2D eigenvalue weighted by Gasteiger charge is 2.18. The lowest BCUT2D eigenvalue weighted by atomic mass is 10.1. The molecule has 0 radical (unpaired) electrons. The van der Waals surface area contributed by atoms with Crippen molar-refractivity contribution in [2.75, 3.05) is 12.4 Å². The van der Waals surface area contributed by atoms with Crippen LogP contribution in [0.2, 0.25) is 0 Å². The molecule has 0 spiro atoms. The van der Waals surface area contributed by atoms with E-state index in [1.807, 2.05) is 6.07 Å². The van der Waals surface area contributed by atoms with Crippen molar-refractivity contribution >= 4 is 17.4 Å². The second kappa shape index (κ2) is 7.97. The van der Waals surface area contributed by atoms with Crippen molar-refractivity contribution in [1.29, 1.82) is 5.26 Å². The molecule has 0 saturated heterocycles. The predicted octanol–water partition coefficient (Wildman–Crippen LogP) is 3.18. The van der Waals surface area contributed by atoms with Gasteiger partial charge >= 0.3 is 0 Å². The Morgan fingerprint density at radius 1 is 1.12 bits per heavy atom. The zero-order chi connectivity index (χ0) is 18.4. The second-order valence-electron chi connectivity index (χ2n) is 5.36. The zero-order valence-electron chi connectivity index (χ0n) is 14.2. The quantitative estimate of drug-likeness (QED) is 0.817. The molecule has 0 aliphatic heterocycles. The summed E-state index contributed by atoms with van der Waals surface area (Å²) in [5.41, 5.74) is 1.58. The Morgan fingerprint density at radius 3 is 2.36 bits per heavy atom. The molecule has 6 nitrogen and oxygen atoms in total. The highest BCUT2D eigenvalue weighted by Crippen LogP contribution is 2.29. The van der Waals surface area contributed by atoms with Gasteiger partial charge in [0.15, 0.2) is 23.4 Å². The number of carbonyl (C=O) groups is 2. The third-order valence-corrected chi connectivity index (χ3v) is 3.52. The largest absolute Gasteiger partial charge is 0.493 e. The minimum absolute atomic E-state index is 0.0866. The maximum Gasteiger partial charge on any atom is 0.265 e. The van der Waals surface area contributed by atoms with Gasteiger partial charge in [-0.05, 0) is 56.3 Å². The Kier molecular flexibility index (Phi) is 5.75. The summed E-state index contributed by atoms with van der Waals surface area (Å²) in [5.74, 6) is 0.319. The number of anilines is 1. The first-order valence-corrected chi connectivity index (χ1v) is 7.61. The van der Waals surface area contributed by atoms with Crippen LogP contribution in [-0.2, 0) is 4.79 Å². The van der Waals surface area contributed by atoms with Crippen LogP contribution in [0.25, 0.3) is 0 Å². The van der Waals surface area contributed by atoms with E-state index >= 15 is 0 Å². The van der Waals surface area contributed by atoms with Crippen molar-refractivity contribution in [3.05, 3.63) is 53.6 Å². The maximum atomic E-state index is 12.3. The van der Waals surface area contributed by atoms with Crippen molar-refractivity contribution < 1.29 is 19.1 Å². The average molecular weight is 338 g/mol. The van der Waals surface area contributed by atoms with E-state index in [1.165, 1.54) is 14.0 Å². The lowest BCUT2D eigenvalue weighted by molar-refractivity contribution is -0.122. The first-order valence-electron chi connectivity index (χ1n) is 7.61.